The lowest BCUT2D eigenvalue weighted by atomic mass is 9.76. The van der Waals surface area contributed by atoms with Crippen molar-refractivity contribution in [3.63, 3.8) is 0 Å². The number of alkyl halides is 2. The maximum atomic E-state index is 13.5. The summed E-state index contributed by atoms with van der Waals surface area (Å²) in [5.74, 6) is -3.19. The molecule has 1 N–H and O–H groups in total. The third-order valence-corrected chi connectivity index (χ3v) is 6.75. The zero-order chi connectivity index (χ0) is 19.1. The summed E-state index contributed by atoms with van der Waals surface area (Å²) in [4.78, 5) is 27.3. The van der Waals surface area contributed by atoms with E-state index < -0.39 is 12.0 Å². The average Bonchev–Trinajstić information content (AvgIpc) is 3.27. The molecule has 4 nitrogen and oxygen atoms in total. The summed E-state index contributed by atoms with van der Waals surface area (Å²) in [5.41, 5.74) is 0.742. The number of nitrogens with one attached hydrogen (secondary N) is 1. The van der Waals surface area contributed by atoms with Crippen LogP contribution in [0.25, 0.3) is 0 Å². The van der Waals surface area contributed by atoms with Crippen LogP contribution in [0.1, 0.15) is 44.1 Å². The summed E-state index contributed by atoms with van der Waals surface area (Å²) in [7, 11) is 0. The standard InChI is InChI=1S/C21H26F2N2O2/c22-21(23)10-8-17(21)24-19(27)16-7-4-9-20(16)11-12-25(14-20)18(26)13-15-5-2-1-3-6-15/h1-3,5-6,16-17H,4,7-14H2,(H,24,27)/t16-,17+,20+/m0/s1. The molecule has 2 saturated carbocycles. The Hall–Kier alpha value is -1.98. The van der Waals surface area contributed by atoms with Crippen molar-refractivity contribution >= 4 is 11.8 Å². The lowest BCUT2D eigenvalue weighted by molar-refractivity contribution is -0.142. The molecule has 0 unspecified atom stereocenters. The minimum absolute atomic E-state index is 0.0784. The van der Waals surface area contributed by atoms with E-state index >= 15 is 0 Å². The summed E-state index contributed by atoms with van der Waals surface area (Å²) in [5, 5.41) is 2.59. The fourth-order valence-electron chi connectivity index (χ4n) is 4.98. The lowest BCUT2D eigenvalue weighted by Crippen LogP contribution is -2.57. The van der Waals surface area contributed by atoms with Crippen LogP contribution in [0.3, 0.4) is 0 Å². The molecule has 2 amide bonds. The predicted octanol–water partition coefficient (Wildman–Crippen LogP) is 3.16. The molecule has 4 rings (SSSR count). The molecule has 0 radical (unpaired) electrons. The van der Waals surface area contributed by atoms with Crippen molar-refractivity contribution in [3.05, 3.63) is 35.9 Å². The Morgan fingerprint density at radius 2 is 1.89 bits per heavy atom. The molecule has 146 valence electrons. The zero-order valence-electron chi connectivity index (χ0n) is 15.4. The Morgan fingerprint density at radius 1 is 1.11 bits per heavy atom. The number of likely N-dealkylation sites (tertiary alicyclic amines) is 1. The van der Waals surface area contributed by atoms with E-state index in [9.17, 15) is 18.4 Å². The maximum Gasteiger partial charge on any atom is 0.267 e. The highest BCUT2D eigenvalue weighted by molar-refractivity contribution is 5.82. The number of amides is 2. The summed E-state index contributed by atoms with van der Waals surface area (Å²) >= 11 is 0. The Balaban J connectivity index is 1.39. The number of rotatable bonds is 4. The largest absolute Gasteiger partial charge is 0.347 e. The molecule has 1 spiro atoms. The van der Waals surface area contributed by atoms with E-state index in [4.69, 9.17) is 0 Å². The van der Waals surface area contributed by atoms with Crippen LogP contribution in [0.15, 0.2) is 30.3 Å². The van der Waals surface area contributed by atoms with Crippen LogP contribution in [0.2, 0.25) is 0 Å². The summed E-state index contributed by atoms with van der Waals surface area (Å²) in [6.07, 6.45) is 3.89. The molecule has 1 heterocycles. The highest BCUT2D eigenvalue weighted by Crippen LogP contribution is 2.50. The third-order valence-electron chi connectivity index (χ3n) is 6.75. The van der Waals surface area contributed by atoms with E-state index in [1.807, 2.05) is 35.2 Å². The lowest BCUT2D eigenvalue weighted by Gasteiger charge is -2.39. The molecule has 3 fully saturated rings. The van der Waals surface area contributed by atoms with Crippen molar-refractivity contribution in [2.75, 3.05) is 13.1 Å². The molecule has 3 atom stereocenters. The van der Waals surface area contributed by atoms with Crippen molar-refractivity contribution in [1.29, 1.82) is 0 Å². The van der Waals surface area contributed by atoms with Gasteiger partial charge in [-0.3, -0.25) is 9.59 Å². The highest BCUT2D eigenvalue weighted by atomic mass is 19.3. The summed E-state index contributed by atoms with van der Waals surface area (Å²) in [6, 6.07) is 8.62. The minimum atomic E-state index is -2.77. The van der Waals surface area contributed by atoms with E-state index in [0.29, 0.717) is 25.9 Å². The van der Waals surface area contributed by atoms with Gasteiger partial charge in [0.2, 0.25) is 11.8 Å². The fourth-order valence-corrected chi connectivity index (χ4v) is 4.98. The molecule has 1 aromatic rings. The maximum absolute atomic E-state index is 13.5. The van der Waals surface area contributed by atoms with Gasteiger partial charge in [-0.05, 0) is 31.2 Å². The molecule has 6 heteroatoms. The monoisotopic (exact) mass is 376 g/mol. The van der Waals surface area contributed by atoms with Gasteiger partial charge >= 0.3 is 0 Å². The first-order chi connectivity index (χ1) is 12.9. The van der Waals surface area contributed by atoms with Gasteiger partial charge in [-0.2, -0.15) is 0 Å². The van der Waals surface area contributed by atoms with Crippen molar-refractivity contribution in [2.24, 2.45) is 11.3 Å². The second kappa shape index (κ2) is 6.88. The van der Waals surface area contributed by atoms with Crippen LogP contribution in [-0.2, 0) is 16.0 Å². The molecular weight excluding hydrogens is 350 g/mol. The second-order valence-electron chi connectivity index (χ2n) is 8.40. The fraction of sp³-hybridized carbons (Fsp3) is 0.619. The molecule has 3 aliphatic rings. The molecule has 1 aromatic carbocycles. The Bertz CT molecular complexity index is 724. The van der Waals surface area contributed by atoms with Gasteiger partial charge < -0.3 is 10.2 Å². The highest BCUT2D eigenvalue weighted by Gasteiger charge is 2.54. The van der Waals surface area contributed by atoms with Gasteiger partial charge in [0, 0.05) is 30.8 Å². The number of hydrogen-bond acceptors (Lipinski definition) is 2. The number of nitrogens with zero attached hydrogens (tertiary/aromatic N) is 1. The molecule has 0 bridgehead atoms. The van der Waals surface area contributed by atoms with Crippen molar-refractivity contribution < 1.29 is 18.4 Å². The van der Waals surface area contributed by atoms with E-state index in [0.717, 1.165) is 31.2 Å². The normalized spacial score (nSPS) is 31.7. The number of hydrogen-bond donors (Lipinski definition) is 1. The van der Waals surface area contributed by atoms with Gasteiger partial charge in [-0.15, -0.1) is 0 Å². The Kier molecular flexibility index (Phi) is 4.68. The Morgan fingerprint density at radius 3 is 2.56 bits per heavy atom. The van der Waals surface area contributed by atoms with Crippen molar-refractivity contribution in [3.8, 4) is 0 Å². The first kappa shape index (κ1) is 18.4. The number of carbonyl (C=O) groups is 2. The van der Waals surface area contributed by atoms with Crippen LogP contribution in [0, 0.1) is 11.3 Å². The summed E-state index contributed by atoms with van der Waals surface area (Å²) in [6.45, 7) is 1.22. The van der Waals surface area contributed by atoms with Crippen molar-refractivity contribution in [2.45, 2.75) is 56.9 Å². The SMILES string of the molecule is O=C(N[C@@H]1CCC1(F)F)[C@@H]1CCC[C@]12CCN(C(=O)Cc1ccccc1)C2. The number of halogens is 2. The first-order valence-electron chi connectivity index (χ1n) is 9.90. The van der Waals surface area contributed by atoms with Crippen LogP contribution in [0.4, 0.5) is 8.78 Å². The first-order valence-corrected chi connectivity index (χ1v) is 9.90. The number of benzene rings is 1. The van der Waals surface area contributed by atoms with Gasteiger partial charge in [-0.1, -0.05) is 36.8 Å². The zero-order valence-corrected chi connectivity index (χ0v) is 15.4. The minimum Gasteiger partial charge on any atom is -0.347 e. The second-order valence-corrected chi connectivity index (χ2v) is 8.40. The Labute approximate surface area is 158 Å². The van der Waals surface area contributed by atoms with Gasteiger partial charge in [-0.25, -0.2) is 8.78 Å². The van der Waals surface area contributed by atoms with E-state index in [1.165, 1.54) is 0 Å². The molecule has 1 saturated heterocycles. The summed E-state index contributed by atoms with van der Waals surface area (Å²) < 4.78 is 27.1. The van der Waals surface area contributed by atoms with Gasteiger partial charge in [0.25, 0.3) is 5.92 Å². The molecule has 27 heavy (non-hydrogen) atoms. The molecule has 1 aliphatic heterocycles. The van der Waals surface area contributed by atoms with Crippen LogP contribution in [0.5, 0.6) is 0 Å². The smallest absolute Gasteiger partial charge is 0.267 e. The number of carbonyl (C=O) groups excluding carboxylic acids is 2. The predicted molar refractivity (Wildman–Crippen MR) is 97.2 cm³/mol. The van der Waals surface area contributed by atoms with Gasteiger partial charge in [0.15, 0.2) is 0 Å². The average molecular weight is 376 g/mol. The van der Waals surface area contributed by atoms with E-state index in [2.05, 4.69) is 5.32 Å². The topological polar surface area (TPSA) is 49.4 Å². The van der Waals surface area contributed by atoms with Crippen molar-refractivity contribution in [1.82, 2.24) is 10.2 Å². The van der Waals surface area contributed by atoms with E-state index in [1.54, 1.807) is 0 Å². The molecular formula is C21H26F2N2O2. The van der Waals surface area contributed by atoms with E-state index in [-0.39, 0.29) is 29.6 Å². The van der Waals surface area contributed by atoms with Crippen LogP contribution >= 0.6 is 0 Å². The molecule has 2 aliphatic carbocycles. The van der Waals surface area contributed by atoms with Gasteiger partial charge in [0.1, 0.15) is 0 Å². The van der Waals surface area contributed by atoms with Gasteiger partial charge in [0.05, 0.1) is 12.5 Å². The third kappa shape index (κ3) is 3.46. The molecule has 0 aromatic heterocycles. The van der Waals surface area contributed by atoms with Crippen LogP contribution in [-0.4, -0.2) is 41.8 Å². The van der Waals surface area contributed by atoms with Crippen LogP contribution < -0.4 is 5.32 Å². The quantitative estimate of drug-likeness (QED) is 0.878.